The number of amides is 3. The van der Waals surface area contributed by atoms with E-state index in [1.165, 1.54) is 38.1 Å². The average molecular weight is 700 g/mol. The zero-order chi connectivity index (χ0) is 35.7. The summed E-state index contributed by atoms with van der Waals surface area (Å²) in [7, 11) is -4.51. The van der Waals surface area contributed by atoms with Gasteiger partial charge in [0.25, 0.3) is 27.7 Å². The second-order valence-corrected chi connectivity index (χ2v) is 12.8. The molecule has 14 nitrogen and oxygen atoms in total. The quantitative estimate of drug-likeness (QED) is 0.103. The van der Waals surface area contributed by atoms with E-state index in [9.17, 15) is 41.2 Å². The topological polar surface area (TPSA) is 169 Å². The van der Waals surface area contributed by atoms with Crippen molar-refractivity contribution in [3.05, 3.63) is 106 Å². The molecule has 0 unspecified atom stereocenters. The van der Waals surface area contributed by atoms with Gasteiger partial charge in [0.15, 0.2) is 12.2 Å². The van der Waals surface area contributed by atoms with Crippen LogP contribution in [0.1, 0.15) is 45.8 Å². The fourth-order valence-corrected chi connectivity index (χ4v) is 5.75. The number of sulfonamides is 1. The Labute approximate surface area is 277 Å². The molecular weight excluding hydrogens is 671 g/mol. The molecule has 0 spiro atoms. The highest BCUT2D eigenvalue weighted by atomic mass is 32.2. The average Bonchev–Trinajstić information content (AvgIpc) is 3.60. The minimum Gasteiger partial charge on any atom is -0.569 e. The molecule has 3 aromatic carbocycles. The molecule has 0 radical (unpaired) electrons. The standard InChI is InChI=1S/C31H28F3N7O7S/c1-19(2)39(41(45)37-48-18-38-29(43)24-6-4-5-7-25(24)30(38)44)17-28(42)36-49(46,47)23-14-12-22(13-15-23)40-26(16-27(35-40)31(32,33)34)21-10-8-20(3)9-11-21/h4-16,19H,17-18H2,1-3H3,(H,36,42)/b41-37-. The number of carbonyl (C=O) groups is 3. The number of aromatic nitrogens is 2. The molecule has 0 saturated heterocycles. The van der Waals surface area contributed by atoms with Gasteiger partial charge in [0.1, 0.15) is 0 Å². The molecule has 18 heteroatoms. The lowest BCUT2D eigenvalue weighted by Crippen LogP contribution is -2.45. The summed E-state index contributed by atoms with van der Waals surface area (Å²) in [6.07, 6.45) is -4.74. The summed E-state index contributed by atoms with van der Waals surface area (Å²) in [4.78, 5) is 42.8. The molecule has 1 aromatic heterocycles. The Kier molecular flexibility index (Phi) is 9.44. The van der Waals surface area contributed by atoms with Crippen LogP contribution in [-0.4, -0.2) is 70.1 Å². The van der Waals surface area contributed by atoms with E-state index in [1.807, 2.05) is 11.6 Å². The van der Waals surface area contributed by atoms with Crippen LogP contribution in [-0.2, 0) is 25.8 Å². The number of hydrazine groups is 1. The summed E-state index contributed by atoms with van der Waals surface area (Å²) in [5.41, 5.74) is 0.753. The summed E-state index contributed by atoms with van der Waals surface area (Å²) in [6.45, 7) is 3.35. The maximum Gasteiger partial charge on any atom is 0.435 e. The second-order valence-electron chi connectivity index (χ2n) is 11.1. The van der Waals surface area contributed by atoms with Crippen molar-refractivity contribution in [3.8, 4) is 16.9 Å². The van der Waals surface area contributed by atoms with Crippen molar-refractivity contribution in [2.45, 2.75) is 37.9 Å². The van der Waals surface area contributed by atoms with E-state index < -0.39 is 63.8 Å². The Morgan fingerprint density at radius 2 is 1.61 bits per heavy atom. The third-order valence-corrected chi connectivity index (χ3v) is 8.69. The SMILES string of the molecule is Cc1ccc(-c2cc(C(F)(F)F)nn2-c2ccc(S(=O)(=O)NC(=O)CN(C(C)C)/[N+]([O-])=N/OCN3C(=O)c4ccccc4C3=O)cc2)cc1. The number of hydrogen-bond donors (Lipinski definition) is 1. The molecule has 2 heterocycles. The van der Waals surface area contributed by atoms with E-state index in [-0.39, 0.29) is 27.5 Å². The molecule has 1 aliphatic rings. The Bertz CT molecular complexity index is 2010. The van der Waals surface area contributed by atoms with Gasteiger partial charge in [0.05, 0.1) is 38.4 Å². The van der Waals surface area contributed by atoms with E-state index >= 15 is 0 Å². The van der Waals surface area contributed by atoms with E-state index in [2.05, 4.69) is 10.4 Å². The van der Waals surface area contributed by atoms with Gasteiger partial charge in [-0.15, -0.1) is 5.01 Å². The Hall–Kier alpha value is -5.78. The van der Waals surface area contributed by atoms with Gasteiger partial charge in [-0.05, 0) is 63.2 Å². The van der Waals surface area contributed by atoms with Crippen molar-refractivity contribution in [2.24, 2.45) is 5.28 Å². The fourth-order valence-electron chi connectivity index (χ4n) is 4.78. The third-order valence-electron chi connectivity index (χ3n) is 7.30. The van der Waals surface area contributed by atoms with Crippen LogP contribution in [0.25, 0.3) is 16.9 Å². The maximum atomic E-state index is 13.5. The molecule has 0 bridgehead atoms. The number of imide groups is 1. The zero-order valence-electron chi connectivity index (χ0n) is 26.1. The Morgan fingerprint density at radius 3 is 2.16 bits per heavy atom. The number of nitrogens with zero attached hydrogens (tertiary/aromatic N) is 6. The number of halogens is 3. The zero-order valence-corrected chi connectivity index (χ0v) is 26.9. The van der Waals surface area contributed by atoms with E-state index in [0.717, 1.165) is 38.4 Å². The minimum absolute atomic E-state index is 0.116. The van der Waals surface area contributed by atoms with Crippen molar-refractivity contribution in [3.63, 3.8) is 0 Å². The largest absolute Gasteiger partial charge is 0.569 e. The molecule has 3 amide bonds. The van der Waals surface area contributed by atoms with E-state index in [4.69, 9.17) is 4.84 Å². The predicted octanol–water partition coefficient (Wildman–Crippen LogP) is 4.44. The van der Waals surface area contributed by atoms with Gasteiger partial charge >= 0.3 is 6.18 Å². The monoisotopic (exact) mass is 699 g/mol. The predicted molar refractivity (Wildman–Crippen MR) is 165 cm³/mol. The van der Waals surface area contributed by atoms with Crippen LogP contribution < -0.4 is 4.72 Å². The summed E-state index contributed by atoms with van der Waals surface area (Å²) in [5.74, 6) is -2.42. The summed E-state index contributed by atoms with van der Waals surface area (Å²) < 4.78 is 69.5. The molecule has 256 valence electrons. The minimum atomic E-state index is -4.74. The first-order valence-corrected chi connectivity index (χ1v) is 16.0. The molecular formula is C31H28F3N7O7S. The molecule has 0 fully saturated rings. The van der Waals surface area contributed by atoms with Crippen LogP contribution in [0.3, 0.4) is 0 Å². The van der Waals surface area contributed by atoms with Crippen molar-refractivity contribution in [1.29, 1.82) is 0 Å². The smallest absolute Gasteiger partial charge is 0.435 e. The number of rotatable bonds is 11. The lowest BCUT2D eigenvalue weighted by atomic mass is 10.1. The van der Waals surface area contributed by atoms with Gasteiger partial charge in [0.2, 0.25) is 12.0 Å². The number of alkyl halides is 3. The molecule has 1 aliphatic heterocycles. The lowest BCUT2D eigenvalue weighted by Gasteiger charge is -2.21. The summed E-state index contributed by atoms with van der Waals surface area (Å²) in [5, 5.41) is 20.4. The number of benzene rings is 3. The number of fused-ring (bicyclic) bond motifs is 1. The second kappa shape index (κ2) is 13.4. The van der Waals surface area contributed by atoms with Gasteiger partial charge in [-0.3, -0.25) is 14.4 Å². The molecule has 0 saturated carbocycles. The van der Waals surface area contributed by atoms with Crippen LogP contribution in [0.2, 0.25) is 0 Å². The van der Waals surface area contributed by atoms with Crippen LogP contribution >= 0.6 is 0 Å². The molecule has 0 atom stereocenters. The van der Waals surface area contributed by atoms with Gasteiger partial charge in [-0.1, -0.05) is 42.0 Å². The highest BCUT2D eigenvalue weighted by molar-refractivity contribution is 7.90. The van der Waals surface area contributed by atoms with Gasteiger partial charge in [0, 0.05) is 5.56 Å². The van der Waals surface area contributed by atoms with Crippen LogP contribution in [0.15, 0.2) is 89.0 Å². The first-order valence-electron chi connectivity index (χ1n) is 14.5. The highest BCUT2D eigenvalue weighted by Crippen LogP contribution is 2.33. The number of aryl methyl sites for hydroxylation is 1. The van der Waals surface area contributed by atoms with Gasteiger partial charge in [-0.25, -0.2) is 22.7 Å². The van der Waals surface area contributed by atoms with Gasteiger partial charge in [-0.2, -0.15) is 18.3 Å². The van der Waals surface area contributed by atoms with E-state index in [1.54, 1.807) is 36.4 Å². The Balaban J connectivity index is 1.26. The fraction of sp³-hybridized carbons (Fsp3) is 0.226. The highest BCUT2D eigenvalue weighted by Gasteiger charge is 2.37. The van der Waals surface area contributed by atoms with Crippen molar-refractivity contribution < 1.29 is 45.8 Å². The molecule has 4 aromatic rings. The maximum absolute atomic E-state index is 13.5. The number of hydrogen-bond acceptors (Lipinski definition) is 9. The molecule has 49 heavy (non-hydrogen) atoms. The van der Waals surface area contributed by atoms with E-state index in [0.29, 0.717) is 5.56 Å². The van der Waals surface area contributed by atoms with Crippen LogP contribution in [0.5, 0.6) is 0 Å². The van der Waals surface area contributed by atoms with Crippen LogP contribution in [0, 0.1) is 12.1 Å². The molecule has 1 N–H and O–H groups in total. The first-order chi connectivity index (χ1) is 23.1. The third kappa shape index (κ3) is 7.38. The van der Waals surface area contributed by atoms with Crippen molar-refractivity contribution in [1.82, 2.24) is 24.4 Å². The molecule has 5 rings (SSSR count). The first kappa shape index (κ1) is 34.6. The lowest BCUT2D eigenvalue weighted by molar-refractivity contribution is -0.715. The van der Waals surface area contributed by atoms with Crippen molar-refractivity contribution in [2.75, 3.05) is 13.3 Å². The van der Waals surface area contributed by atoms with Crippen molar-refractivity contribution >= 4 is 27.7 Å². The summed E-state index contributed by atoms with van der Waals surface area (Å²) in [6, 6.07) is 17.6. The number of carbonyl (C=O) groups excluding carboxylic acids is 3. The number of nitrogens with one attached hydrogen (secondary N) is 1. The normalized spacial score (nSPS) is 13.5. The molecule has 0 aliphatic carbocycles. The summed E-state index contributed by atoms with van der Waals surface area (Å²) >= 11 is 0. The van der Waals surface area contributed by atoms with Gasteiger partial charge < -0.3 is 10.0 Å². The van der Waals surface area contributed by atoms with Crippen LogP contribution in [0.4, 0.5) is 13.2 Å². The Morgan fingerprint density at radius 1 is 1.02 bits per heavy atom.